The first kappa shape index (κ1) is 18.8. The summed E-state index contributed by atoms with van der Waals surface area (Å²) in [7, 11) is 3.58. The Morgan fingerprint density at radius 2 is 2.17 bits per heavy atom. The van der Waals surface area contributed by atoms with Gasteiger partial charge in [0.1, 0.15) is 11.5 Å². The Morgan fingerprint density at radius 1 is 1.48 bits per heavy atom. The second-order valence-electron chi connectivity index (χ2n) is 5.95. The van der Waals surface area contributed by atoms with Crippen LogP contribution in [0.3, 0.4) is 0 Å². The number of alkyl halides is 3. The lowest BCUT2D eigenvalue weighted by molar-refractivity contribution is -0.264. The Kier molecular flexibility index (Phi) is 6.21. The number of hydrogen-bond donors (Lipinski definition) is 1. The molecular formula is C14H23F3N2O3S. The van der Waals surface area contributed by atoms with E-state index in [0.29, 0.717) is 11.6 Å². The molecule has 2 aliphatic rings. The van der Waals surface area contributed by atoms with Crippen molar-refractivity contribution in [2.45, 2.75) is 62.2 Å². The van der Waals surface area contributed by atoms with Gasteiger partial charge < -0.3 is 19.5 Å². The lowest BCUT2D eigenvalue weighted by Crippen LogP contribution is -2.53. The van der Waals surface area contributed by atoms with Gasteiger partial charge in [0, 0.05) is 27.1 Å². The van der Waals surface area contributed by atoms with E-state index in [4.69, 9.17) is 9.47 Å². The molecule has 0 aromatic rings. The number of nitrogens with zero attached hydrogens (tertiary/aromatic N) is 2. The Labute approximate surface area is 138 Å². The fourth-order valence-electron chi connectivity index (χ4n) is 2.56. The highest BCUT2D eigenvalue weighted by atomic mass is 32.2. The monoisotopic (exact) mass is 356 g/mol. The van der Waals surface area contributed by atoms with Crippen LogP contribution in [0.5, 0.6) is 0 Å². The maximum absolute atomic E-state index is 13.3. The molecule has 5 unspecified atom stereocenters. The standard InChI is InChI=1S/C14H23F3N2O3S/c1-4-5-6-21-11(14(15,16)17)9-7-8(20)10-12(22-9)23-13(18-10)19(2)3/h8-12,20H,4-7H2,1-3H3. The van der Waals surface area contributed by atoms with E-state index >= 15 is 0 Å². The molecule has 134 valence electrons. The molecule has 9 heteroatoms. The summed E-state index contributed by atoms with van der Waals surface area (Å²) in [6, 6.07) is -0.529. The highest BCUT2D eigenvalue weighted by Crippen LogP contribution is 2.40. The van der Waals surface area contributed by atoms with Crippen LogP contribution in [0.25, 0.3) is 0 Å². The maximum Gasteiger partial charge on any atom is 0.417 e. The van der Waals surface area contributed by atoms with Crippen LogP contribution in [0.1, 0.15) is 26.2 Å². The van der Waals surface area contributed by atoms with Gasteiger partial charge in [0.05, 0.1) is 12.2 Å². The summed E-state index contributed by atoms with van der Waals surface area (Å²) < 4.78 is 50.5. The zero-order chi connectivity index (χ0) is 17.2. The highest BCUT2D eigenvalue weighted by molar-refractivity contribution is 8.14. The minimum absolute atomic E-state index is 0.0251. The second kappa shape index (κ2) is 7.58. The lowest BCUT2D eigenvalue weighted by Gasteiger charge is -2.38. The summed E-state index contributed by atoms with van der Waals surface area (Å²) in [5.41, 5.74) is -0.610. The number of aliphatic hydroxyl groups excluding tert-OH is 1. The van der Waals surface area contributed by atoms with Crippen LogP contribution in [0.15, 0.2) is 4.99 Å². The van der Waals surface area contributed by atoms with Crippen LogP contribution in [-0.2, 0) is 9.47 Å². The van der Waals surface area contributed by atoms with Crippen LogP contribution in [-0.4, -0.2) is 71.8 Å². The molecule has 0 bridgehead atoms. The first-order valence-electron chi connectivity index (χ1n) is 7.67. The molecule has 2 aliphatic heterocycles. The summed E-state index contributed by atoms with van der Waals surface area (Å²) in [5, 5.41) is 10.8. The number of halogens is 3. The number of fused-ring (bicyclic) bond motifs is 1. The van der Waals surface area contributed by atoms with Gasteiger partial charge in [-0.15, -0.1) is 0 Å². The van der Waals surface area contributed by atoms with Crippen molar-refractivity contribution in [2.24, 2.45) is 4.99 Å². The van der Waals surface area contributed by atoms with Crippen LogP contribution in [0, 0.1) is 0 Å². The van der Waals surface area contributed by atoms with Crippen molar-refractivity contribution in [3.05, 3.63) is 0 Å². The molecule has 0 radical (unpaired) electrons. The summed E-state index contributed by atoms with van der Waals surface area (Å²) in [4.78, 5) is 6.09. The smallest absolute Gasteiger partial charge is 0.391 e. The van der Waals surface area contributed by atoms with Crippen molar-refractivity contribution in [3.63, 3.8) is 0 Å². The molecule has 1 saturated heterocycles. The molecule has 2 rings (SSSR count). The zero-order valence-electron chi connectivity index (χ0n) is 13.4. The van der Waals surface area contributed by atoms with E-state index < -0.39 is 36.0 Å². The van der Waals surface area contributed by atoms with Crippen LogP contribution in [0.4, 0.5) is 13.2 Å². The Bertz CT molecular complexity index is 434. The van der Waals surface area contributed by atoms with E-state index in [1.165, 1.54) is 11.8 Å². The number of thioether (sulfide) groups is 1. The number of ether oxygens (including phenoxy) is 2. The summed E-state index contributed by atoms with van der Waals surface area (Å²) in [6.07, 6.45) is -7.57. The Morgan fingerprint density at radius 3 is 2.74 bits per heavy atom. The number of aliphatic imine (C=N–C) groups is 1. The molecule has 23 heavy (non-hydrogen) atoms. The predicted octanol–water partition coefficient (Wildman–Crippen LogP) is 2.24. The van der Waals surface area contributed by atoms with Crippen LogP contribution < -0.4 is 0 Å². The van der Waals surface area contributed by atoms with Crippen molar-refractivity contribution >= 4 is 16.9 Å². The van der Waals surface area contributed by atoms with Gasteiger partial charge in [0.25, 0.3) is 0 Å². The summed E-state index contributed by atoms with van der Waals surface area (Å²) >= 11 is 1.24. The van der Waals surface area contributed by atoms with Crippen LogP contribution in [0.2, 0.25) is 0 Å². The average molecular weight is 356 g/mol. The van der Waals surface area contributed by atoms with Crippen molar-refractivity contribution in [2.75, 3.05) is 20.7 Å². The third kappa shape index (κ3) is 4.52. The van der Waals surface area contributed by atoms with Gasteiger partial charge in [0.15, 0.2) is 11.3 Å². The molecule has 0 aromatic heterocycles. The van der Waals surface area contributed by atoms with E-state index in [2.05, 4.69) is 4.99 Å². The predicted molar refractivity (Wildman–Crippen MR) is 82.5 cm³/mol. The first-order valence-corrected chi connectivity index (χ1v) is 8.55. The molecule has 5 atom stereocenters. The molecule has 1 fully saturated rings. The van der Waals surface area contributed by atoms with E-state index in [9.17, 15) is 18.3 Å². The fourth-order valence-corrected chi connectivity index (χ4v) is 3.74. The SMILES string of the molecule is CCCCOC(C1CC(O)C2N=C(N(C)C)SC2O1)C(F)(F)F. The Hall–Kier alpha value is -0.510. The van der Waals surface area contributed by atoms with Gasteiger partial charge >= 0.3 is 6.18 Å². The normalized spacial score (nSPS) is 32.4. The van der Waals surface area contributed by atoms with E-state index in [0.717, 1.165) is 6.42 Å². The van der Waals surface area contributed by atoms with Crippen molar-refractivity contribution in [1.82, 2.24) is 4.90 Å². The van der Waals surface area contributed by atoms with Crippen molar-refractivity contribution in [3.8, 4) is 0 Å². The molecule has 0 aromatic carbocycles. The van der Waals surface area contributed by atoms with Gasteiger partial charge in [-0.25, -0.2) is 0 Å². The number of aliphatic hydroxyl groups is 1. The van der Waals surface area contributed by atoms with Crippen molar-refractivity contribution < 1.29 is 27.8 Å². The van der Waals surface area contributed by atoms with E-state index in [1.54, 1.807) is 19.0 Å². The van der Waals surface area contributed by atoms with Gasteiger partial charge in [-0.05, 0) is 6.42 Å². The lowest BCUT2D eigenvalue weighted by atomic mass is 9.98. The number of rotatable bonds is 5. The third-order valence-electron chi connectivity index (χ3n) is 3.78. The molecule has 0 amide bonds. The molecule has 1 N–H and O–H groups in total. The minimum Gasteiger partial charge on any atom is -0.391 e. The van der Waals surface area contributed by atoms with E-state index in [1.807, 2.05) is 6.92 Å². The summed E-state index contributed by atoms with van der Waals surface area (Å²) in [6.45, 7) is 1.91. The third-order valence-corrected chi connectivity index (χ3v) is 5.08. The largest absolute Gasteiger partial charge is 0.417 e. The van der Waals surface area contributed by atoms with E-state index in [-0.39, 0.29) is 13.0 Å². The van der Waals surface area contributed by atoms with Gasteiger partial charge in [-0.2, -0.15) is 13.2 Å². The topological polar surface area (TPSA) is 54.3 Å². The van der Waals surface area contributed by atoms with Gasteiger partial charge in [-0.3, -0.25) is 4.99 Å². The average Bonchev–Trinajstić information content (AvgIpc) is 2.87. The first-order chi connectivity index (χ1) is 10.7. The molecule has 0 aliphatic carbocycles. The summed E-state index contributed by atoms with van der Waals surface area (Å²) in [5.74, 6) is 0. The molecule has 2 heterocycles. The maximum atomic E-state index is 13.3. The van der Waals surface area contributed by atoms with Crippen LogP contribution >= 0.6 is 11.8 Å². The molecule has 0 saturated carbocycles. The number of hydrogen-bond acceptors (Lipinski definition) is 6. The molecular weight excluding hydrogens is 333 g/mol. The molecule has 5 nitrogen and oxygen atoms in total. The second-order valence-corrected chi connectivity index (χ2v) is 7.01. The number of amidine groups is 1. The molecule has 0 spiro atoms. The quantitative estimate of drug-likeness (QED) is 0.766. The zero-order valence-corrected chi connectivity index (χ0v) is 14.2. The highest BCUT2D eigenvalue weighted by Gasteiger charge is 2.52. The minimum atomic E-state index is -4.53. The Balaban J connectivity index is 2.06. The van der Waals surface area contributed by atoms with Crippen molar-refractivity contribution in [1.29, 1.82) is 0 Å². The van der Waals surface area contributed by atoms with Gasteiger partial charge in [0.2, 0.25) is 0 Å². The fraction of sp³-hybridized carbons (Fsp3) is 0.929. The van der Waals surface area contributed by atoms with Gasteiger partial charge in [-0.1, -0.05) is 25.1 Å². The number of unbranched alkanes of at least 4 members (excludes halogenated alkanes) is 1.